The lowest BCUT2D eigenvalue weighted by atomic mass is 10.0. The lowest BCUT2D eigenvalue weighted by molar-refractivity contribution is -0.116. The number of rotatable bonds is 3. The molecule has 1 aliphatic heterocycles. The summed E-state index contributed by atoms with van der Waals surface area (Å²) in [4.78, 5) is 11.5. The predicted octanol–water partition coefficient (Wildman–Crippen LogP) is 1.69. The Hall–Kier alpha value is -0.870. The summed E-state index contributed by atoms with van der Waals surface area (Å²) in [6, 6.07) is 1.93. The summed E-state index contributed by atoms with van der Waals surface area (Å²) in [6.45, 7) is 2.04. The van der Waals surface area contributed by atoms with Gasteiger partial charge in [-0.15, -0.1) is 0 Å². The van der Waals surface area contributed by atoms with E-state index in [9.17, 15) is 4.79 Å². The maximum atomic E-state index is 11.5. The highest BCUT2D eigenvalue weighted by Crippen LogP contribution is 2.15. The Labute approximate surface area is 87.5 Å². The van der Waals surface area contributed by atoms with Crippen molar-refractivity contribution in [2.45, 2.75) is 12.8 Å². The first-order valence-electron chi connectivity index (χ1n) is 4.87. The molecule has 2 heterocycles. The molecule has 0 saturated carbocycles. The number of amides is 1. The van der Waals surface area contributed by atoms with Crippen molar-refractivity contribution in [1.82, 2.24) is 5.32 Å². The fourth-order valence-electron chi connectivity index (χ4n) is 1.70. The first-order chi connectivity index (χ1) is 6.84. The molecule has 14 heavy (non-hydrogen) atoms. The summed E-state index contributed by atoms with van der Waals surface area (Å²) in [6.07, 6.45) is 1.76. The third kappa shape index (κ3) is 2.56. The van der Waals surface area contributed by atoms with Gasteiger partial charge in [0.1, 0.15) is 0 Å². The minimum absolute atomic E-state index is 0.136. The zero-order valence-electron chi connectivity index (χ0n) is 7.95. The quantitative estimate of drug-likeness (QED) is 0.797. The Bertz CT molecular complexity index is 291. The van der Waals surface area contributed by atoms with Gasteiger partial charge >= 0.3 is 0 Å². The molecule has 1 fully saturated rings. The maximum absolute atomic E-state index is 11.5. The Kier molecular flexibility index (Phi) is 3.16. The molecule has 0 spiro atoms. The lowest BCUT2D eigenvalue weighted by Crippen LogP contribution is -2.17. The molecule has 0 aromatic carbocycles. The summed E-state index contributed by atoms with van der Waals surface area (Å²) in [5.74, 6) is 0.658. The number of carbonyl (C=O) groups is 1. The standard InChI is InChI=1S/C10H14N2OS/c13-10(5-8-1-3-11-6-8)12-9-2-4-14-7-9/h2,4,7-8,11H,1,3,5-6H2,(H,12,13). The molecule has 1 aliphatic rings. The largest absolute Gasteiger partial charge is 0.325 e. The Morgan fingerprint density at radius 3 is 3.29 bits per heavy atom. The number of hydrogen-bond donors (Lipinski definition) is 2. The van der Waals surface area contributed by atoms with Crippen LogP contribution in [0.3, 0.4) is 0 Å². The first kappa shape index (κ1) is 9.68. The van der Waals surface area contributed by atoms with E-state index in [1.807, 2.05) is 16.8 Å². The Morgan fingerprint density at radius 1 is 1.71 bits per heavy atom. The first-order valence-corrected chi connectivity index (χ1v) is 5.81. The van der Waals surface area contributed by atoms with Crippen LogP contribution in [-0.2, 0) is 4.79 Å². The Balaban J connectivity index is 1.78. The zero-order valence-corrected chi connectivity index (χ0v) is 8.77. The predicted molar refractivity (Wildman–Crippen MR) is 58.5 cm³/mol. The molecule has 1 unspecified atom stereocenters. The molecular formula is C10H14N2OS. The molecule has 0 radical (unpaired) electrons. The number of carbonyl (C=O) groups excluding carboxylic acids is 1. The van der Waals surface area contributed by atoms with E-state index in [1.54, 1.807) is 11.3 Å². The van der Waals surface area contributed by atoms with Gasteiger partial charge in [0.05, 0.1) is 5.69 Å². The molecule has 4 heteroatoms. The average molecular weight is 210 g/mol. The van der Waals surface area contributed by atoms with Crippen molar-refractivity contribution >= 4 is 22.9 Å². The van der Waals surface area contributed by atoms with E-state index >= 15 is 0 Å². The van der Waals surface area contributed by atoms with Crippen LogP contribution >= 0.6 is 11.3 Å². The van der Waals surface area contributed by atoms with Gasteiger partial charge in [0.2, 0.25) is 5.91 Å². The highest BCUT2D eigenvalue weighted by atomic mass is 32.1. The molecule has 76 valence electrons. The maximum Gasteiger partial charge on any atom is 0.224 e. The van der Waals surface area contributed by atoms with Gasteiger partial charge in [-0.2, -0.15) is 11.3 Å². The molecule has 0 aliphatic carbocycles. The van der Waals surface area contributed by atoms with Crippen LogP contribution in [0.4, 0.5) is 5.69 Å². The molecule has 1 aromatic heterocycles. The van der Waals surface area contributed by atoms with Crippen molar-refractivity contribution in [3.05, 3.63) is 16.8 Å². The summed E-state index contributed by atoms with van der Waals surface area (Å²) < 4.78 is 0. The van der Waals surface area contributed by atoms with Gasteiger partial charge in [0, 0.05) is 11.8 Å². The van der Waals surface area contributed by atoms with Crippen LogP contribution in [0.1, 0.15) is 12.8 Å². The van der Waals surface area contributed by atoms with E-state index in [2.05, 4.69) is 10.6 Å². The minimum atomic E-state index is 0.136. The fourth-order valence-corrected chi connectivity index (χ4v) is 2.29. The lowest BCUT2D eigenvalue weighted by Gasteiger charge is -2.07. The van der Waals surface area contributed by atoms with Crippen molar-refractivity contribution in [3.63, 3.8) is 0 Å². The van der Waals surface area contributed by atoms with Crippen LogP contribution in [0, 0.1) is 5.92 Å². The highest BCUT2D eigenvalue weighted by Gasteiger charge is 2.17. The monoisotopic (exact) mass is 210 g/mol. The number of hydrogen-bond acceptors (Lipinski definition) is 3. The highest BCUT2D eigenvalue weighted by molar-refractivity contribution is 7.08. The molecule has 1 aromatic rings. The van der Waals surface area contributed by atoms with Gasteiger partial charge in [-0.1, -0.05) is 0 Å². The molecule has 1 atom stereocenters. The molecular weight excluding hydrogens is 196 g/mol. The number of anilines is 1. The van der Waals surface area contributed by atoms with Crippen LogP contribution in [-0.4, -0.2) is 19.0 Å². The molecule has 1 saturated heterocycles. The van der Waals surface area contributed by atoms with E-state index in [1.165, 1.54) is 0 Å². The van der Waals surface area contributed by atoms with E-state index < -0.39 is 0 Å². The minimum Gasteiger partial charge on any atom is -0.325 e. The van der Waals surface area contributed by atoms with Gasteiger partial charge in [-0.05, 0) is 36.9 Å². The van der Waals surface area contributed by atoms with Crippen LogP contribution in [0.2, 0.25) is 0 Å². The van der Waals surface area contributed by atoms with E-state index in [0.717, 1.165) is 25.2 Å². The van der Waals surface area contributed by atoms with E-state index in [-0.39, 0.29) is 5.91 Å². The van der Waals surface area contributed by atoms with Gasteiger partial charge < -0.3 is 10.6 Å². The fraction of sp³-hybridized carbons (Fsp3) is 0.500. The second kappa shape index (κ2) is 4.57. The van der Waals surface area contributed by atoms with Gasteiger partial charge in [-0.3, -0.25) is 4.79 Å². The summed E-state index contributed by atoms with van der Waals surface area (Å²) in [5.41, 5.74) is 0.922. The molecule has 2 N–H and O–H groups in total. The molecule has 2 rings (SSSR count). The SMILES string of the molecule is O=C(CC1CCNC1)Nc1ccsc1. The smallest absolute Gasteiger partial charge is 0.224 e. The summed E-state index contributed by atoms with van der Waals surface area (Å²) >= 11 is 1.60. The van der Waals surface area contributed by atoms with E-state index in [4.69, 9.17) is 0 Å². The van der Waals surface area contributed by atoms with Gasteiger partial charge in [0.25, 0.3) is 0 Å². The van der Waals surface area contributed by atoms with Crippen LogP contribution in [0.25, 0.3) is 0 Å². The summed E-state index contributed by atoms with van der Waals surface area (Å²) in [7, 11) is 0. The van der Waals surface area contributed by atoms with Crippen molar-refractivity contribution in [3.8, 4) is 0 Å². The average Bonchev–Trinajstić information content (AvgIpc) is 2.76. The van der Waals surface area contributed by atoms with Crippen molar-refractivity contribution < 1.29 is 4.79 Å². The third-order valence-electron chi connectivity index (χ3n) is 2.44. The van der Waals surface area contributed by atoms with E-state index in [0.29, 0.717) is 12.3 Å². The second-order valence-corrected chi connectivity index (χ2v) is 4.40. The number of nitrogens with one attached hydrogen (secondary N) is 2. The van der Waals surface area contributed by atoms with Crippen LogP contribution in [0.15, 0.2) is 16.8 Å². The molecule has 1 amide bonds. The molecule has 3 nitrogen and oxygen atoms in total. The van der Waals surface area contributed by atoms with Gasteiger partial charge in [0.15, 0.2) is 0 Å². The second-order valence-electron chi connectivity index (χ2n) is 3.62. The Morgan fingerprint density at radius 2 is 2.64 bits per heavy atom. The zero-order chi connectivity index (χ0) is 9.80. The molecule has 0 bridgehead atoms. The van der Waals surface area contributed by atoms with Crippen LogP contribution in [0.5, 0.6) is 0 Å². The van der Waals surface area contributed by atoms with Crippen molar-refractivity contribution in [2.24, 2.45) is 5.92 Å². The normalized spacial score (nSPS) is 21.0. The third-order valence-corrected chi connectivity index (χ3v) is 3.12. The number of thiophene rings is 1. The topological polar surface area (TPSA) is 41.1 Å². The van der Waals surface area contributed by atoms with Crippen LogP contribution < -0.4 is 10.6 Å². The van der Waals surface area contributed by atoms with Gasteiger partial charge in [-0.25, -0.2) is 0 Å². The summed E-state index contributed by atoms with van der Waals surface area (Å²) in [5, 5.41) is 10.1. The van der Waals surface area contributed by atoms with Crippen molar-refractivity contribution in [1.29, 1.82) is 0 Å². The van der Waals surface area contributed by atoms with Crippen molar-refractivity contribution in [2.75, 3.05) is 18.4 Å².